The van der Waals surface area contributed by atoms with Crippen LogP contribution in [0.2, 0.25) is 0 Å². The molecular formula is C21H19N5S. The fourth-order valence-corrected chi connectivity index (χ4v) is 3.53. The Balaban J connectivity index is 1.49. The normalized spacial score (nSPS) is 10.9. The standard InChI is InChI=1S/C21H19N5S/c1-14-6-9-17(10-7-14)23-21-25-19(24-20(22)26-21)13-27-18-11-8-15-4-2-3-5-16(15)12-18/h2-12H,13H2,1H3,(H3,22,23,24,25,26). The Morgan fingerprint density at radius 3 is 2.48 bits per heavy atom. The number of benzene rings is 3. The summed E-state index contributed by atoms with van der Waals surface area (Å²) in [4.78, 5) is 14.1. The van der Waals surface area contributed by atoms with Gasteiger partial charge >= 0.3 is 0 Å². The van der Waals surface area contributed by atoms with Gasteiger partial charge in [0, 0.05) is 10.6 Å². The molecule has 134 valence electrons. The lowest BCUT2D eigenvalue weighted by molar-refractivity contribution is 0.982. The van der Waals surface area contributed by atoms with E-state index in [1.165, 1.54) is 21.2 Å². The maximum atomic E-state index is 5.87. The molecule has 0 aliphatic heterocycles. The second kappa shape index (κ2) is 7.63. The predicted molar refractivity (Wildman–Crippen MR) is 112 cm³/mol. The van der Waals surface area contributed by atoms with Crippen LogP contribution in [-0.2, 0) is 5.75 Å². The van der Waals surface area contributed by atoms with Crippen LogP contribution in [0.3, 0.4) is 0 Å². The van der Waals surface area contributed by atoms with Gasteiger partial charge in [-0.25, -0.2) is 0 Å². The molecular weight excluding hydrogens is 354 g/mol. The average molecular weight is 373 g/mol. The smallest absolute Gasteiger partial charge is 0.232 e. The summed E-state index contributed by atoms with van der Waals surface area (Å²) in [7, 11) is 0. The van der Waals surface area contributed by atoms with Crippen LogP contribution in [0, 0.1) is 6.92 Å². The van der Waals surface area contributed by atoms with Gasteiger partial charge in [-0.2, -0.15) is 15.0 Å². The van der Waals surface area contributed by atoms with Crippen LogP contribution in [0.15, 0.2) is 71.6 Å². The van der Waals surface area contributed by atoms with Crippen LogP contribution in [0.1, 0.15) is 11.4 Å². The Morgan fingerprint density at radius 1 is 0.889 bits per heavy atom. The third-order valence-corrected chi connectivity index (χ3v) is 5.09. The van der Waals surface area contributed by atoms with Gasteiger partial charge in [0.2, 0.25) is 11.9 Å². The van der Waals surface area contributed by atoms with E-state index in [1.807, 2.05) is 43.3 Å². The quantitative estimate of drug-likeness (QED) is 0.482. The molecule has 3 aromatic carbocycles. The topological polar surface area (TPSA) is 76.7 Å². The van der Waals surface area contributed by atoms with Gasteiger partial charge in [0.15, 0.2) is 0 Å². The minimum Gasteiger partial charge on any atom is -0.368 e. The van der Waals surface area contributed by atoms with Crippen molar-refractivity contribution in [3.05, 3.63) is 78.1 Å². The number of aromatic nitrogens is 3. The summed E-state index contributed by atoms with van der Waals surface area (Å²) in [6.07, 6.45) is 0. The van der Waals surface area contributed by atoms with E-state index >= 15 is 0 Å². The number of rotatable bonds is 5. The summed E-state index contributed by atoms with van der Waals surface area (Å²) in [5.41, 5.74) is 7.98. The molecule has 4 aromatic rings. The Morgan fingerprint density at radius 2 is 1.67 bits per heavy atom. The number of anilines is 3. The average Bonchev–Trinajstić information content (AvgIpc) is 2.68. The highest BCUT2D eigenvalue weighted by atomic mass is 32.2. The molecule has 0 aliphatic carbocycles. The zero-order valence-corrected chi connectivity index (χ0v) is 15.7. The Kier molecular flexibility index (Phi) is 4.89. The summed E-state index contributed by atoms with van der Waals surface area (Å²) in [6, 6.07) is 22.8. The van der Waals surface area contributed by atoms with Gasteiger partial charge < -0.3 is 11.1 Å². The summed E-state index contributed by atoms with van der Waals surface area (Å²) in [6.45, 7) is 2.05. The predicted octanol–water partition coefficient (Wildman–Crippen LogP) is 4.95. The third-order valence-electron chi connectivity index (χ3n) is 4.10. The lowest BCUT2D eigenvalue weighted by atomic mass is 10.1. The van der Waals surface area contributed by atoms with E-state index in [1.54, 1.807) is 11.8 Å². The van der Waals surface area contributed by atoms with Crippen molar-refractivity contribution in [2.75, 3.05) is 11.1 Å². The minimum atomic E-state index is 0.216. The van der Waals surface area contributed by atoms with Crippen molar-refractivity contribution in [2.24, 2.45) is 0 Å². The molecule has 0 saturated carbocycles. The molecule has 0 amide bonds. The molecule has 27 heavy (non-hydrogen) atoms. The largest absolute Gasteiger partial charge is 0.368 e. The number of hydrogen-bond acceptors (Lipinski definition) is 6. The molecule has 0 bridgehead atoms. The van der Waals surface area contributed by atoms with Gasteiger partial charge in [0.1, 0.15) is 5.82 Å². The number of nitrogen functional groups attached to an aromatic ring is 1. The third kappa shape index (κ3) is 4.35. The number of nitrogens with two attached hydrogens (primary N) is 1. The van der Waals surface area contributed by atoms with Crippen molar-refractivity contribution >= 4 is 40.1 Å². The number of nitrogens with one attached hydrogen (secondary N) is 1. The maximum absolute atomic E-state index is 5.87. The highest BCUT2D eigenvalue weighted by Gasteiger charge is 2.06. The first-order chi connectivity index (χ1) is 13.2. The van der Waals surface area contributed by atoms with E-state index in [2.05, 4.69) is 50.6 Å². The first-order valence-corrected chi connectivity index (χ1v) is 9.60. The molecule has 1 heterocycles. The molecule has 0 spiro atoms. The Hall–Kier alpha value is -3.12. The monoisotopic (exact) mass is 373 g/mol. The van der Waals surface area contributed by atoms with Gasteiger partial charge in [-0.05, 0) is 42.0 Å². The first kappa shape index (κ1) is 17.3. The molecule has 0 saturated heterocycles. The molecule has 5 nitrogen and oxygen atoms in total. The highest BCUT2D eigenvalue weighted by Crippen LogP contribution is 2.26. The lowest BCUT2D eigenvalue weighted by Crippen LogP contribution is -2.06. The summed E-state index contributed by atoms with van der Waals surface area (Å²) in [5, 5.41) is 5.64. The van der Waals surface area contributed by atoms with Crippen LogP contribution >= 0.6 is 11.8 Å². The highest BCUT2D eigenvalue weighted by molar-refractivity contribution is 7.98. The summed E-state index contributed by atoms with van der Waals surface area (Å²) in [5.74, 6) is 1.94. The molecule has 6 heteroatoms. The lowest BCUT2D eigenvalue weighted by Gasteiger charge is -2.08. The number of thioether (sulfide) groups is 1. The van der Waals surface area contributed by atoms with Crippen molar-refractivity contribution in [3.63, 3.8) is 0 Å². The number of hydrogen-bond donors (Lipinski definition) is 2. The van der Waals surface area contributed by atoms with Gasteiger partial charge in [0.25, 0.3) is 0 Å². The zero-order chi connectivity index (χ0) is 18.6. The molecule has 0 fully saturated rings. The maximum Gasteiger partial charge on any atom is 0.232 e. The van der Waals surface area contributed by atoms with Crippen LogP contribution in [-0.4, -0.2) is 15.0 Å². The van der Waals surface area contributed by atoms with E-state index in [4.69, 9.17) is 5.73 Å². The van der Waals surface area contributed by atoms with E-state index in [9.17, 15) is 0 Å². The number of aryl methyl sites for hydroxylation is 1. The van der Waals surface area contributed by atoms with Crippen molar-refractivity contribution < 1.29 is 0 Å². The van der Waals surface area contributed by atoms with E-state index < -0.39 is 0 Å². The first-order valence-electron chi connectivity index (χ1n) is 8.61. The van der Waals surface area contributed by atoms with E-state index in [-0.39, 0.29) is 5.95 Å². The second-order valence-electron chi connectivity index (χ2n) is 6.22. The minimum absolute atomic E-state index is 0.216. The molecule has 0 unspecified atom stereocenters. The molecule has 0 radical (unpaired) electrons. The van der Waals surface area contributed by atoms with Crippen molar-refractivity contribution in [3.8, 4) is 0 Å². The van der Waals surface area contributed by atoms with Crippen LogP contribution in [0.25, 0.3) is 10.8 Å². The molecule has 0 aliphatic rings. The Labute approximate surface area is 162 Å². The zero-order valence-electron chi connectivity index (χ0n) is 14.9. The fraction of sp³-hybridized carbons (Fsp3) is 0.0952. The van der Waals surface area contributed by atoms with Gasteiger partial charge in [-0.15, -0.1) is 11.8 Å². The summed E-state index contributed by atoms with van der Waals surface area (Å²) < 4.78 is 0. The van der Waals surface area contributed by atoms with Gasteiger partial charge in [-0.3, -0.25) is 0 Å². The second-order valence-corrected chi connectivity index (χ2v) is 7.27. The molecule has 3 N–H and O–H groups in total. The van der Waals surface area contributed by atoms with Crippen molar-refractivity contribution in [2.45, 2.75) is 17.6 Å². The SMILES string of the molecule is Cc1ccc(Nc2nc(N)nc(CSc3ccc4ccccc4c3)n2)cc1. The summed E-state index contributed by atoms with van der Waals surface area (Å²) >= 11 is 1.68. The molecule has 1 aromatic heterocycles. The van der Waals surface area contributed by atoms with E-state index in [0.717, 1.165) is 5.69 Å². The van der Waals surface area contributed by atoms with E-state index in [0.29, 0.717) is 17.5 Å². The van der Waals surface area contributed by atoms with Crippen LogP contribution in [0.5, 0.6) is 0 Å². The fourth-order valence-electron chi connectivity index (χ4n) is 2.73. The van der Waals surface area contributed by atoms with Crippen LogP contribution < -0.4 is 11.1 Å². The molecule has 4 rings (SSSR count). The van der Waals surface area contributed by atoms with Crippen molar-refractivity contribution in [1.29, 1.82) is 0 Å². The molecule has 0 atom stereocenters. The Bertz CT molecular complexity index is 1080. The number of nitrogens with zero attached hydrogens (tertiary/aromatic N) is 3. The van der Waals surface area contributed by atoms with Gasteiger partial charge in [-0.1, -0.05) is 48.0 Å². The van der Waals surface area contributed by atoms with Crippen molar-refractivity contribution in [1.82, 2.24) is 15.0 Å². The van der Waals surface area contributed by atoms with Crippen LogP contribution in [0.4, 0.5) is 17.6 Å². The van der Waals surface area contributed by atoms with Gasteiger partial charge in [0.05, 0.1) is 5.75 Å². The number of fused-ring (bicyclic) bond motifs is 1.